The number of hydrogen-bond donors (Lipinski definition) is 1. The molecule has 0 unspecified atom stereocenters. The van der Waals surface area contributed by atoms with Crippen molar-refractivity contribution in [3.8, 4) is 22.0 Å². The molecule has 0 aliphatic heterocycles. The Bertz CT molecular complexity index is 788. The minimum absolute atomic E-state index is 0.472. The van der Waals surface area contributed by atoms with Gasteiger partial charge in [-0.05, 0) is 44.6 Å². The van der Waals surface area contributed by atoms with E-state index < -0.39 is 0 Å². The van der Waals surface area contributed by atoms with Gasteiger partial charge in [0.1, 0.15) is 10.2 Å². The summed E-state index contributed by atoms with van der Waals surface area (Å²) >= 11 is 13.1. The molecule has 0 saturated heterocycles. The third kappa shape index (κ3) is 3.08. The zero-order valence-electron chi connectivity index (χ0n) is 10.5. The van der Waals surface area contributed by atoms with Gasteiger partial charge in [-0.3, -0.25) is 0 Å². The monoisotopic (exact) mass is 491 g/mol. The average Bonchev–Trinajstić information content (AvgIpc) is 2.82. The molecule has 21 heavy (non-hydrogen) atoms. The Morgan fingerprint density at radius 2 is 1.90 bits per heavy atom. The van der Waals surface area contributed by atoms with Gasteiger partial charge >= 0.3 is 0 Å². The second-order valence-corrected chi connectivity index (χ2v) is 7.78. The molecule has 0 radical (unpaired) electrons. The Kier molecular flexibility index (Phi) is 4.49. The molecule has 0 bridgehead atoms. The van der Waals surface area contributed by atoms with Crippen molar-refractivity contribution >= 4 is 67.3 Å². The Balaban J connectivity index is 2.18. The molecule has 1 aromatic carbocycles. The van der Waals surface area contributed by atoms with Gasteiger partial charge in [0.05, 0.1) is 14.1 Å². The number of nitrogen functional groups attached to an aromatic ring is 1. The zero-order valence-corrected chi connectivity index (χ0v) is 15.8. The van der Waals surface area contributed by atoms with Gasteiger partial charge in [-0.1, -0.05) is 41.9 Å². The van der Waals surface area contributed by atoms with Crippen molar-refractivity contribution in [1.29, 1.82) is 0 Å². The molecule has 0 saturated carbocycles. The number of anilines is 1. The van der Waals surface area contributed by atoms with Gasteiger partial charge in [0.15, 0.2) is 5.82 Å². The maximum Gasteiger partial charge on any atom is 0.172 e. The van der Waals surface area contributed by atoms with Crippen molar-refractivity contribution in [3.05, 3.63) is 48.8 Å². The molecule has 106 valence electrons. The van der Waals surface area contributed by atoms with Gasteiger partial charge < -0.3 is 5.73 Å². The first-order valence-electron chi connectivity index (χ1n) is 5.90. The van der Waals surface area contributed by atoms with Crippen LogP contribution in [-0.2, 0) is 0 Å². The fourth-order valence-corrected chi connectivity index (χ4v) is 4.01. The highest BCUT2D eigenvalue weighted by molar-refractivity contribution is 14.1. The molecule has 0 amide bonds. The predicted molar refractivity (Wildman–Crippen MR) is 101 cm³/mol. The van der Waals surface area contributed by atoms with E-state index in [0.717, 1.165) is 24.2 Å². The average molecular weight is 493 g/mol. The topological polar surface area (TPSA) is 51.8 Å². The molecule has 3 rings (SSSR count). The van der Waals surface area contributed by atoms with Gasteiger partial charge in [-0.2, -0.15) is 0 Å². The molecule has 0 fully saturated rings. The smallest absolute Gasteiger partial charge is 0.172 e. The maximum atomic E-state index is 6.09. The van der Waals surface area contributed by atoms with E-state index in [1.165, 1.54) is 11.3 Å². The molecule has 3 nitrogen and oxygen atoms in total. The van der Waals surface area contributed by atoms with Crippen LogP contribution in [0.1, 0.15) is 0 Å². The lowest BCUT2D eigenvalue weighted by Gasteiger charge is -2.08. The molecule has 0 spiro atoms. The molecular weight excluding hydrogens is 485 g/mol. The number of hydrogen-bond acceptors (Lipinski definition) is 4. The summed E-state index contributed by atoms with van der Waals surface area (Å²) < 4.78 is 2.36. The summed E-state index contributed by atoms with van der Waals surface area (Å²) in [6.07, 6.45) is 0. The summed E-state index contributed by atoms with van der Waals surface area (Å²) in [7, 11) is 0. The van der Waals surface area contributed by atoms with Crippen LogP contribution in [0, 0.1) is 3.57 Å². The number of nitrogens with zero attached hydrogens (tertiary/aromatic N) is 2. The van der Waals surface area contributed by atoms with Gasteiger partial charge in [0, 0.05) is 10.0 Å². The van der Waals surface area contributed by atoms with Crippen molar-refractivity contribution in [2.75, 3.05) is 5.73 Å². The number of nitrogens with two attached hydrogens (primary N) is 1. The summed E-state index contributed by atoms with van der Waals surface area (Å²) in [5.41, 5.74) is 7.89. The lowest BCUT2D eigenvalue weighted by atomic mass is 10.1. The number of thiophene rings is 1. The van der Waals surface area contributed by atoms with Crippen LogP contribution < -0.4 is 5.73 Å². The third-order valence-corrected chi connectivity index (χ3v) is 6.32. The highest BCUT2D eigenvalue weighted by Gasteiger charge is 2.15. The van der Waals surface area contributed by atoms with Gasteiger partial charge in [-0.25, -0.2) is 9.97 Å². The molecule has 2 aromatic heterocycles. The van der Waals surface area contributed by atoms with E-state index in [0.29, 0.717) is 16.0 Å². The first-order valence-corrected chi connectivity index (χ1v) is 8.96. The Hall–Kier alpha value is -0.700. The maximum absolute atomic E-state index is 6.09. The quantitative estimate of drug-likeness (QED) is 0.483. The lowest BCUT2D eigenvalue weighted by Crippen LogP contribution is -2.01. The number of halogens is 3. The van der Waals surface area contributed by atoms with E-state index in [9.17, 15) is 0 Å². The van der Waals surface area contributed by atoms with Gasteiger partial charge in [-0.15, -0.1) is 11.3 Å². The van der Waals surface area contributed by atoms with Crippen molar-refractivity contribution in [2.24, 2.45) is 0 Å². The van der Waals surface area contributed by atoms with Crippen molar-refractivity contribution in [2.45, 2.75) is 0 Å². The normalized spacial score (nSPS) is 10.8. The van der Waals surface area contributed by atoms with E-state index in [1.807, 2.05) is 36.4 Å². The fourth-order valence-electron chi connectivity index (χ4n) is 1.82. The third-order valence-electron chi connectivity index (χ3n) is 2.79. The SMILES string of the molecule is Nc1nc(-c2cc(Br)c(Cl)s2)nc(-c2ccccc2)c1I. The van der Waals surface area contributed by atoms with Crippen LogP contribution in [0.5, 0.6) is 0 Å². The van der Waals surface area contributed by atoms with Gasteiger partial charge in [0.25, 0.3) is 0 Å². The van der Waals surface area contributed by atoms with Gasteiger partial charge in [0.2, 0.25) is 0 Å². The minimum Gasteiger partial charge on any atom is -0.383 e. The summed E-state index contributed by atoms with van der Waals surface area (Å²) in [5.74, 6) is 1.06. The fraction of sp³-hybridized carbons (Fsp3) is 0. The van der Waals surface area contributed by atoms with Crippen LogP contribution in [-0.4, -0.2) is 9.97 Å². The first kappa shape index (κ1) is 15.2. The standard InChI is InChI=1S/C14H8BrClIN3S/c15-8-6-9(21-12(8)16)14-19-11(10(17)13(18)20-14)7-4-2-1-3-5-7/h1-6H,(H2,18,19,20). The number of aromatic nitrogens is 2. The number of benzene rings is 1. The largest absolute Gasteiger partial charge is 0.383 e. The molecule has 0 atom stereocenters. The number of rotatable bonds is 2. The van der Waals surface area contributed by atoms with E-state index in [1.54, 1.807) is 0 Å². The second kappa shape index (κ2) is 6.20. The lowest BCUT2D eigenvalue weighted by molar-refractivity contribution is 1.18. The summed E-state index contributed by atoms with van der Waals surface area (Å²) in [6.45, 7) is 0. The Labute approximate surface area is 152 Å². The van der Waals surface area contributed by atoms with E-state index in [-0.39, 0.29) is 0 Å². The van der Waals surface area contributed by atoms with Crippen LogP contribution in [0.15, 0.2) is 40.9 Å². The molecular formula is C14H8BrClIN3S. The van der Waals surface area contributed by atoms with Crippen LogP contribution in [0.2, 0.25) is 4.34 Å². The van der Waals surface area contributed by atoms with Crippen LogP contribution in [0.4, 0.5) is 5.82 Å². The molecule has 7 heteroatoms. The Morgan fingerprint density at radius 1 is 1.19 bits per heavy atom. The van der Waals surface area contributed by atoms with Crippen LogP contribution >= 0.6 is 61.5 Å². The summed E-state index contributed by atoms with van der Waals surface area (Å²) in [4.78, 5) is 9.92. The van der Waals surface area contributed by atoms with Crippen molar-refractivity contribution in [1.82, 2.24) is 9.97 Å². The molecule has 2 N–H and O–H groups in total. The molecule has 3 aromatic rings. The predicted octanol–water partition coefficient (Wildman–Crippen LogP) is 5.47. The van der Waals surface area contributed by atoms with E-state index >= 15 is 0 Å². The zero-order chi connectivity index (χ0) is 15.0. The summed E-state index contributed by atoms with van der Waals surface area (Å²) in [5, 5.41) is 0. The van der Waals surface area contributed by atoms with E-state index in [4.69, 9.17) is 17.3 Å². The second-order valence-electron chi connectivity index (χ2n) is 4.19. The van der Waals surface area contributed by atoms with Crippen molar-refractivity contribution in [3.63, 3.8) is 0 Å². The Morgan fingerprint density at radius 3 is 2.52 bits per heavy atom. The minimum atomic E-state index is 0.472. The highest BCUT2D eigenvalue weighted by atomic mass is 127. The highest BCUT2D eigenvalue weighted by Crippen LogP contribution is 2.38. The van der Waals surface area contributed by atoms with E-state index in [2.05, 4.69) is 48.5 Å². The molecule has 0 aliphatic carbocycles. The molecule has 0 aliphatic rings. The van der Waals surface area contributed by atoms with Crippen LogP contribution in [0.25, 0.3) is 22.0 Å². The first-order chi connectivity index (χ1) is 10.1. The van der Waals surface area contributed by atoms with Crippen LogP contribution in [0.3, 0.4) is 0 Å². The summed E-state index contributed by atoms with van der Waals surface area (Å²) in [6, 6.07) is 11.8. The molecule has 2 heterocycles. The van der Waals surface area contributed by atoms with Crippen molar-refractivity contribution < 1.29 is 0 Å².